The smallest absolute Gasteiger partial charge is 0.143 e. The van der Waals surface area contributed by atoms with Crippen molar-refractivity contribution in [3.05, 3.63) is 71.4 Å². The van der Waals surface area contributed by atoms with Crippen LogP contribution in [0.25, 0.3) is 11.0 Å². The van der Waals surface area contributed by atoms with Crippen molar-refractivity contribution in [3.8, 4) is 5.75 Å². The number of hydrogen-bond donors (Lipinski definition) is 3. The lowest BCUT2D eigenvalue weighted by molar-refractivity contribution is 0.301. The van der Waals surface area contributed by atoms with Crippen LogP contribution in [0.2, 0.25) is 5.02 Å². The first-order valence-corrected chi connectivity index (χ1v) is 11.8. The van der Waals surface area contributed by atoms with Crippen LogP contribution < -0.4 is 15.4 Å². The molecule has 5 heterocycles. The number of H-pyrrole nitrogens is 1. The molecule has 0 aliphatic carbocycles. The second kappa shape index (κ2) is 8.65. The van der Waals surface area contributed by atoms with Crippen LogP contribution in [0.1, 0.15) is 42.9 Å². The largest absolute Gasteiger partial charge is 0.486 e. The van der Waals surface area contributed by atoms with Crippen molar-refractivity contribution in [3.63, 3.8) is 0 Å². The zero-order valence-electron chi connectivity index (χ0n) is 18.1. The zero-order valence-corrected chi connectivity index (χ0v) is 18.8. The minimum absolute atomic E-state index is 0.366. The van der Waals surface area contributed by atoms with Gasteiger partial charge in [0.15, 0.2) is 0 Å². The van der Waals surface area contributed by atoms with Gasteiger partial charge in [-0.3, -0.25) is 4.98 Å². The van der Waals surface area contributed by atoms with E-state index in [4.69, 9.17) is 16.3 Å². The molecule has 3 aromatic heterocycles. The van der Waals surface area contributed by atoms with Gasteiger partial charge in [-0.05, 0) is 67.5 Å². The molecule has 2 bridgehead atoms. The molecule has 3 N–H and O–H groups in total. The fourth-order valence-corrected chi connectivity index (χ4v) is 5.42. The normalized spacial score (nSPS) is 21.9. The first kappa shape index (κ1) is 20.4. The Morgan fingerprint density at radius 1 is 1.06 bits per heavy atom. The van der Waals surface area contributed by atoms with Gasteiger partial charge in [0, 0.05) is 30.2 Å². The second-order valence-electron chi connectivity index (χ2n) is 8.88. The van der Waals surface area contributed by atoms with Gasteiger partial charge in [-0.15, -0.1) is 0 Å². The van der Waals surface area contributed by atoms with Gasteiger partial charge in [0.25, 0.3) is 0 Å². The van der Waals surface area contributed by atoms with Crippen molar-refractivity contribution in [1.82, 2.24) is 25.3 Å². The molecule has 7 nitrogen and oxygen atoms in total. The summed E-state index contributed by atoms with van der Waals surface area (Å²) >= 11 is 6.52. The van der Waals surface area contributed by atoms with E-state index in [1.54, 1.807) is 12.5 Å². The number of anilines is 2. The fraction of sp³-hybridized carbons (Fsp3) is 0.320. The summed E-state index contributed by atoms with van der Waals surface area (Å²) in [6.07, 6.45) is 10.3. The van der Waals surface area contributed by atoms with E-state index >= 15 is 0 Å². The van der Waals surface area contributed by atoms with Gasteiger partial charge in [0.2, 0.25) is 0 Å². The SMILES string of the molecule is Clc1cc(Nc2ncnc3[nH]cc([C@H]4C[C@H]5CC[C@@H](C4)N5)c23)ccc1OCc1ccccn1. The van der Waals surface area contributed by atoms with E-state index in [9.17, 15) is 0 Å². The van der Waals surface area contributed by atoms with E-state index in [-0.39, 0.29) is 0 Å². The van der Waals surface area contributed by atoms with E-state index in [0.29, 0.717) is 35.4 Å². The Kier molecular flexibility index (Phi) is 5.36. The summed E-state index contributed by atoms with van der Waals surface area (Å²) < 4.78 is 5.85. The summed E-state index contributed by atoms with van der Waals surface area (Å²) in [5, 5.41) is 8.78. The molecular formula is C25H25ClN6O. The Labute approximate surface area is 197 Å². The minimum atomic E-state index is 0.366. The number of aromatic amines is 1. The molecule has 2 saturated heterocycles. The molecule has 0 amide bonds. The van der Waals surface area contributed by atoms with Crippen LogP contribution in [0.5, 0.6) is 5.75 Å². The molecule has 8 heteroatoms. The molecular weight excluding hydrogens is 436 g/mol. The Bertz CT molecular complexity index is 1260. The van der Waals surface area contributed by atoms with Crippen molar-refractivity contribution in [2.24, 2.45) is 0 Å². The van der Waals surface area contributed by atoms with Crippen LogP contribution in [-0.4, -0.2) is 32.0 Å². The van der Waals surface area contributed by atoms with Gasteiger partial charge in [0.1, 0.15) is 30.1 Å². The molecule has 1 aromatic carbocycles. The van der Waals surface area contributed by atoms with Crippen LogP contribution in [0, 0.1) is 0 Å². The number of aromatic nitrogens is 4. The molecule has 0 unspecified atom stereocenters. The highest BCUT2D eigenvalue weighted by atomic mass is 35.5. The number of pyridine rings is 1. The maximum atomic E-state index is 6.52. The molecule has 0 saturated carbocycles. The van der Waals surface area contributed by atoms with E-state index in [0.717, 1.165) is 41.1 Å². The van der Waals surface area contributed by atoms with Crippen LogP contribution in [0.3, 0.4) is 0 Å². The molecule has 2 fully saturated rings. The number of ether oxygens (including phenoxy) is 1. The van der Waals surface area contributed by atoms with Gasteiger partial charge < -0.3 is 20.4 Å². The molecule has 0 radical (unpaired) electrons. The van der Waals surface area contributed by atoms with Gasteiger partial charge in [0.05, 0.1) is 16.1 Å². The van der Waals surface area contributed by atoms with Gasteiger partial charge in [-0.1, -0.05) is 17.7 Å². The number of rotatable bonds is 6. The minimum Gasteiger partial charge on any atom is -0.486 e. The predicted octanol–water partition coefficient (Wildman–Crippen LogP) is 5.33. The Morgan fingerprint density at radius 3 is 2.73 bits per heavy atom. The third kappa shape index (κ3) is 4.14. The Balaban J connectivity index is 1.24. The van der Waals surface area contributed by atoms with Gasteiger partial charge in [-0.25, -0.2) is 9.97 Å². The zero-order chi connectivity index (χ0) is 22.2. The standard InChI is InChI=1S/C25H25ClN6O/c26-21-11-18(6-7-22(21)33-13-19-3-1-2-8-27-19)32-25-23-20(12-28-24(23)29-14-30-25)15-9-16-4-5-17(10-15)31-16/h1-3,6-8,11-12,14-17,31H,4-5,9-10,13H2,(H2,28,29,30,32)/t15-,16+,17-. The molecule has 0 spiro atoms. The van der Waals surface area contributed by atoms with E-state index in [2.05, 4.69) is 36.8 Å². The molecule has 33 heavy (non-hydrogen) atoms. The third-order valence-electron chi connectivity index (χ3n) is 6.71. The summed E-state index contributed by atoms with van der Waals surface area (Å²) in [6, 6.07) is 12.7. The third-order valence-corrected chi connectivity index (χ3v) is 7.00. The number of hydrogen-bond acceptors (Lipinski definition) is 6. The average Bonchev–Trinajstić information content (AvgIpc) is 3.42. The molecule has 2 aliphatic heterocycles. The van der Waals surface area contributed by atoms with Crippen LogP contribution in [0.15, 0.2) is 55.1 Å². The summed E-state index contributed by atoms with van der Waals surface area (Å²) in [4.78, 5) is 16.7. The van der Waals surface area contributed by atoms with Gasteiger partial charge >= 0.3 is 0 Å². The lowest BCUT2D eigenvalue weighted by atomic mass is 9.86. The van der Waals surface area contributed by atoms with Gasteiger partial charge in [-0.2, -0.15) is 0 Å². The summed E-state index contributed by atoms with van der Waals surface area (Å²) in [7, 11) is 0. The molecule has 3 atom stereocenters. The van der Waals surface area contributed by atoms with Crippen LogP contribution >= 0.6 is 11.6 Å². The lowest BCUT2D eigenvalue weighted by Crippen LogP contribution is -2.37. The number of nitrogens with one attached hydrogen (secondary N) is 3. The summed E-state index contributed by atoms with van der Waals surface area (Å²) in [5.74, 6) is 1.92. The Hall–Kier alpha value is -3.16. The maximum Gasteiger partial charge on any atom is 0.143 e. The molecule has 4 aromatic rings. The lowest BCUT2D eigenvalue weighted by Gasteiger charge is -2.29. The van der Waals surface area contributed by atoms with Crippen molar-refractivity contribution in [2.45, 2.75) is 50.3 Å². The summed E-state index contributed by atoms with van der Waals surface area (Å²) in [5.41, 5.74) is 3.86. The fourth-order valence-electron chi connectivity index (χ4n) is 5.18. The first-order chi connectivity index (χ1) is 16.2. The van der Waals surface area contributed by atoms with E-state index in [1.165, 1.54) is 18.4 Å². The quantitative estimate of drug-likeness (QED) is 0.360. The van der Waals surface area contributed by atoms with Crippen molar-refractivity contribution in [2.75, 3.05) is 5.32 Å². The highest BCUT2D eigenvalue weighted by Crippen LogP contribution is 2.41. The van der Waals surface area contributed by atoms with Crippen molar-refractivity contribution >= 4 is 34.1 Å². The average molecular weight is 461 g/mol. The number of halogens is 1. The number of piperidine rings is 1. The number of benzene rings is 1. The molecule has 168 valence electrons. The highest BCUT2D eigenvalue weighted by molar-refractivity contribution is 6.32. The monoisotopic (exact) mass is 460 g/mol. The maximum absolute atomic E-state index is 6.52. The highest BCUT2D eigenvalue weighted by Gasteiger charge is 2.35. The molecule has 6 rings (SSSR count). The second-order valence-corrected chi connectivity index (χ2v) is 9.28. The number of nitrogens with zero attached hydrogens (tertiary/aromatic N) is 3. The van der Waals surface area contributed by atoms with E-state index < -0.39 is 0 Å². The van der Waals surface area contributed by atoms with Crippen molar-refractivity contribution in [1.29, 1.82) is 0 Å². The predicted molar refractivity (Wildman–Crippen MR) is 129 cm³/mol. The number of fused-ring (bicyclic) bond motifs is 3. The van der Waals surface area contributed by atoms with E-state index in [1.807, 2.05) is 36.4 Å². The molecule has 2 aliphatic rings. The summed E-state index contributed by atoms with van der Waals surface area (Å²) in [6.45, 7) is 0.366. The van der Waals surface area contributed by atoms with Crippen molar-refractivity contribution < 1.29 is 4.74 Å². The Morgan fingerprint density at radius 2 is 1.94 bits per heavy atom. The van der Waals surface area contributed by atoms with Crippen LogP contribution in [0.4, 0.5) is 11.5 Å². The first-order valence-electron chi connectivity index (χ1n) is 11.4. The van der Waals surface area contributed by atoms with Crippen LogP contribution in [-0.2, 0) is 6.61 Å². The topological polar surface area (TPSA) is 87.8 Å².